The Kier molecular flexibility index (Phi) is 5.72. The average molecular weight is 193 g/mol. The summed E-state index contributed by atoms with van der Waals surface area (Å²) in [4.78, 5) is 21.3. The molecule has 0 saturated carbocycles. The molecule has 0 aromatic carbocycles. The molecule has 0 radical (unpaired) electrons. The maximum Gasteiger partial charge on any atom is 0.306 e. The van der Waals surface area contributed by atoms with E-state index < -0.39 is 5.24 Å². The maximum atomic E-state index is 10.9. The summed E-state index contributed by atoms with van der Waals surface area (Å²) in [7, 11) is 0. The fourth-order valence-corrected chi connectivity index (χ4v) is 1.11. The highest BCUT2D eigenvalue weighted by atomic mass is 35.5. The Bertz CT molecular complexity index is 168. The van der Waals surface area contributed by atoms with Gasteiger partial charge < -0.3 is 4.74 Å². The molecule has 0 heterocycles. The quantitative estimate of drug-likeness (QED) is 0.492. The zero-order chi connectivity index (χ0) is 9.56. The highest BCUT2D eigenvalue weighted by molar-refractivity contribution is 6.63. The van der Waals surface area contributed by atoms with Gasteiger partial charge in [-0.15, -0.1) is 0 Å². The van der Waals surface area contributed by atoms with Crippen molar-refractivity contribution in [3.05, 3.63) is 0 Å². The van der Waals surface area contributed by atoms with E-state index in [1.54, 1.807) is 13.8 Å². The molecule has 0 rings (SSSR count). The molecule has 0 aromatic rings. The van der Waals surface area contributed by atoms with E-state index in [1.807, 2.05) is 0 Å². The summed E-state index contributed by atoms with van der Waals surface area (Å²) in [6, 6.07) is 0. The normalized spacial score (nSPS) is 12.2. The van der Waals surface area contributed by atoms with Crippen LogP contribution in [0.4, 0.5) is 0 Å². The van der Waals surface area contributed by atoms with Gasteiger partial charge in [-0.1, -0.05) is 6.92 Å². The zero-order valence-corrected chi connectivity index (χ0v) is 8.06. The third-order valence-corrected chi connectivity index (χ3v) is 1.48. The molecule has 0 saturated heterocycles. The molecule has 0 amide bonds. The van der Waals surface area contributed by atoms with Crippen LogP contribution in [0.5, 0.6) is 0 Å². The van der Waals surface area contributed by atoms with E-state index in [0.717, 1.165) is 0 Å². The number of ether oxygens (including phenoxy) is 1. The number of esters is 1. The molecule has 0 fully saturated rings. The van der Waals surface area contributed by atoms with E-state index in [2.05, 4.69) is 0 Å². The van der Waals surface area contributed by atoms with E-state index >= 15 is 0 Å². The van der Waals surface area contributed by atoms with Gasteiger partial charge in [-0.2, -0.15) is 0 Å². The predicted molar refractivity (Wildman–Crippen MR) is 45.9 cm³/mol. The van der Waals surface area contributed by atoms with Crippen LogP contribution in [0.2, 0.25) is 0 Å². The number of carbonyl (C=O) groups excluding carboxylic acids is 2. The van der Waals surface area contributed by atoms with E-state index in [1.165, 1.54) is 0 Å². The molecule has 70 valence electrons. The number of rotatable bonds is 5. The van der Waals surface area contributed by atoms with Crippen molar-refractivity contribution < 1.29 is 14.3 Å². The van der Waals surface area contributed by atoms with Crippen LogP contribution >= 0.6 is 11.6 Å². The highest BCUT2D eigenvalue weighted by Gasteiger charge is 2.12. The molecule has 0 bridgehead atoms. The molecule has 0 aliphatic rings. The molecule has 0 aliphatic carbocycles. The smallest absolute Gasteiger partial charge is 0.306 e. The Morgan fingerprint density at radius 1 is 1.42 bits per heavy atom. The summed E-state index contributed by atoms with van der Waals surface area (Å²) >= 11 is 5.14. The summed E-state index contributed by atoms with van der Waals surface area (Å²) in [5.74, 6) is -0.308. The molecule has 0 aliphatic heterocycles. The van der Waals surface area contributed by atoms with E-state index in [-0.39, 0.29) is 24.7 Å². The van der Waals surface area contributed by atoms with Crippen molar-refractivity contribution >= 4 is 22.8 Å². The minimum Gasteiger partial charge on any atom is -0.466 e. The SMILES string of the molecule is CCOC(=O)CC(C)CC(=O)Cl. The molecule has 1 unspecified atom stereocenters. The summed E-state index contributed by atoms with van der Waals surface area (Å²) in [5, 5.41) is -0.410. The van der Waals surface area contributed by atoms with E-state index in [9.17, 15) is 9.59 Å². The van der Waals surface area contributed by atoms with Crippen molar-refractivity contribution in [3.63, 3.8) is 0 Å². The average Bonchev–Trinajstić information content (AvgIpc) is 1.84. The van der Waals surface area contributed by atoms with Gasteiger partial charge in [0.15, 0.2) is 0 Å². The Morgan fingerprint density at radius 2 is 2.00 bits per heavy atom. The van der Waals surface area contributed by atoms with Crippen LogP contribution in [-0.4, -0.2) is 17.8 Å². The number of halogens is 1. The first-order valence-electron chi connectivity index (χ1n) is 3.90. The Labute approximate surface area is 77.0 Å². The molecule has 3 nitrogen and oxygen atoms in total. The van der Waals surface area contributed by atoms with Crippen molar-refractivity contribution in [2.24, 2.45) is 5.92 Å². The molecule has 1 atom stereocenters. The predicted octanol–water partition coefficient (Wildman–Crippen LogP) is 1.73. The standard InChI is InChI=1S/C8H13ClO3/c1-3-12-8(11)5-6(2)4-7(9)10/h6H,3-5H2,1-2H3. The lowest BCUT2D eigenvalue weighted by molar-refractivity contribution is -0.144. The lowest BCUT2D eigenvalue weighted by Gasteiger charge is -2.06. The zero-order valence-electron chi connectivity index (χ0n) is 7.30. The second-order valence-corrected chi connectivity index (χ2v) is 3.10. The molecule has 4 heteroatoms. The van der Waals surface area contributed by atoms with Crippen LogP contribution in [-0.2, 0) is 14.3 Å². The molecule has 12 heavy (non-hydrogen) atoms. The Balaban J connectivity index is 3.61. The lowest BCUT2D eigenvalue weighted by Crippen LogP contribution is -2.10. The van der Waals surface area contributed by atoms with Gasteiger partial charge in [-0.25, -0.2) is 0 Å². The van der Waals surface area contributed by atoms with Crippen LogP contribution in [0.15, 0.2) is 0 Å². The van der Waals surface area contributed by atoms with Crippen LogP contribution in [0.3, 0.4) is 0 Å². The Hall–Kier alpha value is -0.570. The maximum absolute atomic E-state index is 10.9. The van der Waals surface area contributed by atoms with Gasteiger partial charge in [-0.05, 0) is 24.4 Å². The molecule has 0 N–H and O–H groups in total. The summed E-state index contributed by atoms with van der Waals surface area (Å²) in [6.07, 6.45) is 0.479. The second-order valence-electron chi connectivity index (χ2n) is 2.67. The molecular formula is C8H13ClO3. The third kappa shape index (κ3) is 6.16. The topological polar surface area (TPSA) is 43.4 Å². The largest absolute Gasteiger partial charge is 0.466 e. The summed E-state index contributed by atoms with van der Waals surface area (Å²) in [5.41, 5.74) is 0. The third-order valence-electron chi connectivity index (χ3n) is 1.33. The van der Waals surface area contributed by atoms with Crippen molar-refractivity contribution in [2.75, 3.05) is 6.61 Å². The molecule has 0 aromatic heterocycles. The van der Waals surface area contributed by atoms with Crippen LogP contribution in [0.25, 0.3) is 0 Å². The molecular weight excluding hydrogens is 180 g/mol. The van der Waals surface area contributed by atoms with Gasteiger partial charge in [-0.3, -0.25) is 9.59 Å². The van der Waals surface area contributed by atoms with Crippen molar-refractivity contribution in [1.82, 2.24) is 0 Å². The van der Waals surface area contributed by atoms with Gasteiger partial charge >= 0.3 is 5.97 Å². The van der Waals surface area contributed by atoms with Crippen molar-refractivity contribution in [1.29, 1.82) is 0 Å². The van der Waals surface area contributed by atoms with Gasteiger partial charge in [0.05, 0.1) is 6.61 Å². The summed E-state index contributed by atoms with van der Waals surface area (Å²) < 4.78 is 4.70. The number of hydrogen-bond donors (Lipinski definition) is 0. The van der Waals surface area contributed by atoms with E-state index in [0.29, 0.717) is 6.61 Å². The van der Waals surface area contributed by atoms with Crippen LogP contribution in [0.1, 0.15) is 26.7 Å². The first-order valence-corrected chi connectivity index (χ1v) is 4.28. The summed E-state index contributed by atoms with van der Waals surface area (Å²) in [6.45, 7) is 3.91. The first kappa shape index (κ1) is 11.4. The minimum atomic E-state index is -0.410. The lowest BCUT2D eigenvalue weighted by atomic mass is 10.1. The fourth-order valence-electron chi connectivity index (χ4n) is 0.851. The molecule has 0 spiro atoms. The van der Waals surface area contributed by atoms with Gasteiger partial charge in [0.2, 0.25) is 5.24 Å². The van der Waals surface area contributed by atoms with Crippen molar-refractivity contribution in [3.8, 4) is 0 Å². The monoisotopic (exact) mass is 192 g/mol. The van der Waals surface area contributed by atoms with Gasteiger partial charge in [0.25, 0.3) is 0 Å². The first-order chi connectivity index (χ1) is 5.56. The number of carbonyl (C=O) groups is 2. The van der Waals surface area contributed by atoms with Crippen LogP contribution < -0.4 is 0 Å². The van der Waals surface area contributed by atoms with Gasteiger partial charge in [0.1, 0.15) is 0 Å². The van der Waals surface area contributed by atoms with Gasteiger partial charge in [0, 0.05) is 12.8 Å². The van der Waals surface area contributed by atoms with Crippen LogP contribution in [0, 0.1) is 5.92 Å². The van der Waals surface area contributed by atoms with Crippen molar-refractivity contribution in [2.45, 2.75) is 26.7 Å². The second kappa shape index (κ2) is 6.00. The highest BCUT2D eigenvalue weighted by Crippen LogP contribution is 2.10. The Morgan fingerprint density at radius 3 is 2.42 bits per heavy atom. The number of hydrogen-bond acceptors (Lipinski definition) is 3. The fraction of sp³-hybridized carbons (Fsp3) is 0.750. The van der Waals surface area contributed by atoms with E-state index in [4.69, 9.17) is 16.3 Å². The minimum absolute atomic E-state index is 0.0333.